The molecular formula is C29H33FN4O5. The molecule has 0 bridgehead atoms. The largest absolute Gasteiger partial charge is 0.427 e. The number of aryl methyl sites for hydroxylation is 1. The lowest BCUT2D eigenvalue weighted by atomic mass is 9.91. The Morgan fingerprint density at radius 3 is 2.64 bits per heavy atom. The maximum Gasteiger partial charge on any atom is 0.418 e. The number of carbonyl (C=O) groups is 4. The highest BCUT2D eigenvalue weighted by Gasteiger charge is 2.58. The number of ether oxygens (including phenoxy) is 1. The van der Waals surface area contributed by atoms with E-state index in [0.717, 1.165) is 28.0 Å². The predicted octanol–water partition coefficient (Wildman–Crippen LogP) is 4.57. The Labute approximate surface area is 226 Å². The number of nitrogens with zero attached hydrogens (tertiary/aromatic N) is 2. The Morgan fingerprint density at radius 1 is 1.15 bits per heavy atom. The summed E-state index contributed by atoms with van der Waals surface area (Å²) in [6.45, 7) is 5.49. The van der Waals surface area contributed by atoms with E-state index in [-0.39, 0.29) is 42.2 Å². The van der Waals surface area contributed by atoms with Crippen LogP contribution in [0.15, 0.2) is 36.4 Å². The average Bonchev–Trinajstić information content (AvgIpc) is 3.53. The molecule has 5 amide bonds. The molecule has 0 aromatic heterocycles. The van der Waals surface area contributed by atoms with Crippen LogP contribution in [0.1, 0.15) is 74.2 Å². The van der Waals surface area contributed by atoms with Crippen LogP contribution in [0.25, 0.3) is 0 Å². The second kappa shape index (κ2) is 9.98. The molecule has 2 saturated heterocycles. The van der Waals surface area contributed by atoms with E-state index in [1.165, 1.54) is 19.2 Å². The van der Waals surface area contributed by atoms with Gasteiger partial charge in [-0.05, 0) is 73.1 Å². The van der Waals surface area contributed by atoms with Gasteiger partial charge in [-0.3, -0.25) is 9.59 Å². The number of imide groups is 1. The normalized spacial score (nSPS) is 23.9. The molecule has 2 aliphatic heterocycles. The zero-order valence-corrected chi connectivity index (χ0v) is 22.5. The summed E-state index contributed by atoms with van der Waals surface area (Å²) in [5, 5.41) is 5.18. The molecule has 206 valence electrons. The van der Waals surface area contributed by atoms with E-state index in [1.54, 1.807) is 29.2 Å². The fourth-order valence-corrected chi connectivity index (χ4v) is 6.20. The van der Waals surface area contributed by atoms with E-state index in [0.29, 0.717) is 24.1 Å². The minimum absolute atomic E-state index is 0.0630. The van der Waals surface area contributed by atoms with Crippen LogP contribution in [0.4, 0.5) is 19.7 Å². The van der Waals surface area contributed by atoms with Gasteiger partial charge in [0.05, 0.1) is 6.04 Å². The number of urea groups is 1. The van der Waals surface area contributed by atoms with Gasteiger partial charge in [-0.2, -0.15) is 0 Å². The van der Waals surface area contributed by atoms with Crippen LogP contribution >= 0.6 is 0 Å². The Kier molecular flexibility index (Phi) is 6.82. The van der Waals surface area contributed by atoms with Crippen molar-refractivity contribution in [2.24, 2.45) is 0 Å². The van der Waals surface area contributed by atoms with Crippen molar-refractivity contribution in [1.82, 2.24) is 15.1 Å². The molecule has 39 heavy (non-hydrogen) atoms. The van der Waals surface area contributed by atoms with Gasteiger partial charge in [0.15, 0.2) is 0 Å². The molecule has 0 radical (unpaired) electrons. The summed E-state index contributed by atoms with van der Waals surface area (Å²) >= 11 is 0. The predicted molar refractivity (Wildman–Crippen MR) is 141 cm³/mol. The molecule has 2 aromatic carbocycles. The van der Waals surface area contributed by atoms with E-state index in [1.807, 2.05) is 20.8 Å². The summed E-state index contributed by atoms with van der Waals surface area (Å²) in [6, 6.07) is 9.02. The monoisotopic (exact) mass is 536 g/mol. The lowest BCUT2D eigenvalue weighted by Gasteiger charge is -2.31. The molecule has 10 heteroatoms. The first kappa shape index (κ1) is 26.6. The Bertz CT molecular complexity index is 1360. The van der Waals surface area contributed by atoms with Crippen molar-refractivity contribution in [3.05, 3.63) is 64.5 Å². The summed E-state index contributed by atoms with van der Waals surface area (Å²) in [5.74, 6) is -1.17. The molecule has 0 saturated carbocycles. The van der Waals surface area contributed by atoms with Crippen molar-refractivity contribution >= 4 is 29.6 Å². The summed E-state index contributed by atoms with van der Waals surface area (Å²) < 4.78 is 19.7. The number of rotatable bonds is 5. The van der Waals surface area contributed by atoms with Gasteiger partial charge in [-0.25, -0.2) is 18.9 Å². The smallest absolute Gasteiger partial charge is 0.418 e. The molecule has 2 aromatic rings. The van der Waals surface area contributed by atoms with Crippen LogP contribution < -0.4 is 10.6 Å². The third kappa shape index (κ3) is 4.51. The molecule has 9 nitrogen and oxygen atoms in total. The minimum atomic E-state index is -1.48. The number of halogens is 1. The second-order valence-electron chi connectivity index (χ2n) is 10.8. The molecule has 1 unspecified atom stereocenters. The number of hydrogen-bond acceptors (Lipinski definition) is 5. The molecular weight excluding hydrogens is 503 g/mol. The van der Waals surface area contributed by atoms with Crippen molar-refractivity contribution in [1.29, 1.82) is 0 Å². The first-order valence-corrected chi connectivity index (χ1v) is 13.3. The molecule has 2 N–H and O–H groups in total. The van der Waals surface area contributed by atoms with E-state index < -0.39 is 24.1 Å². The van der Waals surface area contributed by atoms with Crippen molar-refractivity contribution in [2.45, 2.75) is 70.1 Å². The lowest BCUT2D eigenvalue weighted by molar-refractivity contribution is -0.143. The number of carbonyl (C=O) groups excluding carboxylic acids is 4. The zero-order valence-electron chi connectivity index (χ0n) is 22.5. The van der Waals surface area contributed by atoms with Gasteiger partial charge in [0.25, 0.3) is 5.91 Å². The van der Waals surface area contributed by atoms with Gasteiger partial charge in [-0.1, -0.05) is 26.0 Å². The van der Waals surface area contributed by atoms with Crippen LogP contribution in [-0.2, 0) is 26.3 Å². The van der Waals surface area contributed by atoms with Crippen LogP contribution in [0.2, 0.25) is 0 Å². The SMILES string of the molecule is CNC(=O)Nc1ccc2c(c1)CCC21OC(=O)N(CC(=O)N2[C@@H](C)CC[C@H]2c2ccc(F)cc2C(C)C)C1=O. The molecule has 3 atom stereocenters. The summed E-state index contributed by atoms with van der Waals surface area (Å²) in [5.41, 5.74) is 2.18. The van der Waals surface area contributed by atoms with Gasteiger partial charge in [0, 0.05) is 30.8 Å². The third-order valence-electron chi connectivity index (χ3n) is 8.12. The molecule has 2 fully saturated rings. The number of amides is 5. The van der Waals surface area contributed by atoms with E-state index in [4.69, 9.17) is 4.74 Å². The zero-order chi connectivity index (χ0) is 28.1. The first-order chi connectivity index (χ1) is 18.6. The minimum Gasteiger partial charge on any atom is -0.427 e. The molecule has 2 heterocycles. The molecule has 1 spiro atoms. The average molecular weight is 537 g/mol. The van der Waals surface area contributed by atoms with Crippen LogP contribution in [0.3, 0.4) is 0 Å². The van der Waals surface area contributed by atoms with Gasteiger partial charge >= 0.3 is 12.1 Å². The fraction of sp³-hybridized carbons (Fsp3) is 0.448. The van der Waals surface area contributed by atoms with Crippen LogP contribution in [0.5, 0.6) is 0 Å². The van der Waals surface area contributed by atoms with Crippen molar-refractivity contribution in [3.63, 3.8) is 0 Å². The highest BCUT2D eigenvalue weighted by molar-refractivity contribution is 6.06. The quantitative estimate of drug-likeness (QED) is 0.582. The second-order valence-corrected chi connectivity index (χ2v) is 10.8. The number of hydrogen-bond donors (Lipinski definition) is 2. The molecule has 1 aliphatic carbocycles. The van der Waals surface area contributed by atoms with Crippen molar-refractivity contribution < 1.29 is 28.3 Å². The topological polar surface area (TPSA) is 108 Å². The number of fused-ring (bicyclic) bond motifs is 2. The maximum atomic E-state index is 14.0. The summed E-state index contributed by atoms with van der Waals surface area (Å²) in [4.78, 5) is 54.6. The Morgan fingerprint density at radius 2 is 1.92 bits per heavy atom. The lowest BCUT2D eigenvalue weighted by Crippen LogP contribution is -2.46. The Balaban J connectivity index is 1.38. The van der Waals surface area contributed by atoms with E-state index in [2.05, 4.69) is 10.6 Å². The summed E-state index contributed by atoms with van der Waals surface area (Å²) in [6.07, 6.45) is 1.36. The maximum absolute atomic E-state index is 14.0. The van der Waals surface area contributed by atoms with Gasteiger partial charge in [0.2, 0.25) is 11.5 Å². The van der Waals surface area contributed by atoms with E-state index >= 15 is 0 Å². The van der Waals surface area contributed by atoms with Crippen molar-refractivity contribution in [2.75, 3.05) is 18.9 Å². The molecule has 3 aliphatic rings. The van der Waals surface area contributed by atoms with Crippen LogP contribution in [-0.4, -0.2) is 53.4 Å². The highest BCUT2D eigenvalue weighted by atomic mass is 19.1. The summed E-state index contributed by atoms with van der Waals surface area (Å²) in [7, 11) is 1.51. The van der Waals surface area contributed by atoms with Gasteiger partial charge in [-0.15, -0.1) is 0 Å². The fourth-order valence-electron chi connectivity index (χ4n) is 6.20. The first-order valence-electron chi connectivity index (χ1n) is 13.3. The molecule has 5 rings (SSSR count). The van der Waals surface area contributed by atoms with Gasteiger partial charge in [0.1, 0.15) is 12.4 Å². The number of nitrogens with one attached hydrogen (secondary N) is 2. The van der Waals surface area contributed by atoms with Gasteiger partial charge < -0.3 is 20.3 Å². The number of benzene rings is 2. The standard InChI is InChI=1S/C29H33FN4O5/c1-16(2)22-14-19(30)6-8-21(22)24-10-5-17(3)34(24)25(35)15-33-26(36)29(39-28(33)38)12-11-18-13-20(7-9-23(18)29)32-27(37)31-4/h6-9,13-14,16-17,24H,5,10-12,15H2,1-4H3,(H2,31,32,37)/t17-,24-,29?/m0/s1. The van der Waals surface area contributed by atoms with Crippen molar-refractivity contribution in [3.8, 4) is 0 Å². The number of anilines is 1. The van der Waals surface area contributed by atoms with Crippen LogP contribution in [0, 0.1) is 5.82 Å². The van der Waals surface area contributed by atoms with E-state index in [9.17, 15) is 23.6 Å². The Hall–Kier alpha value is -3.95. The number of likely N-dealkylation sites (tertiary alicyclic amines) is 1. The highest BCUT2D eigenvalue weighted by Crippen LogP contribution is 2.46. The third-order valence-corrected chi connectivity index (χ3v) is 8.12.